The standard InChI is InChI=1S/C26H30N8.C25H29N7OS.C24H28N8S/c1-18-4-5-21(15-27-18)17-33-8-10-34(11-9-33)25-7-6-22(16-28-25)26-29-19(2)12-23(30-26)14-24-13-20(3)31-32-24;1-17-12-20(14-21-13-18(2)29-30-21)28-24(27-17)23-15-26-25(34-23)32-10-8-31(9-11-32)16-19-4-6-22(33-3)7-5-19;1-16-10-20(12-21-11-17(2)29-30-21)28-24(27-16)19-4-5-23(26-13-19)32-8-6-31(7-9-32)15-22-14-25-18(3)33-22/h4-7,12-13,15-16H,8-11,14,17H2,1-3H3,(H,31,32);4-7,12-13,15H,8-11,14,16H2,1-3H3,(H,29,30);4-5,10-11,13-14H,6-9,12,15H2,1-3H3,(H,29,30). The lowest BCUT2D eigenvalue weighted by molar-refractivity contribution is 0.249. The molecule has 11 aromatic heterocycles. The highest BCUT2D eigenvalue weighted by Crippen LogP contribution is 2.31. The van der Waals surface area contributed by atoms with Crippen molar-refractivity contribution in [2.75, 3.05) is 100 Å². The number of aromatic amines is 3. The molecule has 0 spiro atoms. The van der Waals surface area contributed by atoms with Crippen LogP contribution < -0.4 is 19.4 Å². The maximum atomic E-state index is 5.26. The number of hydrogen-bond donors (Lipinski definition) is 3. The van der Waals surface area contributed by atoms with Crippen LogP contribution in [0.4, 0.5) is 16.8 Å². The van der Waals surface area contributed by atoms with Gasteiger partial charge in [-0.1, -0.05) is 29.5 Å². The second kappa shape index (κ2) is 32.5. The molecule has 0 radical (unpaired) electrons. The molecule has 101 heavy (non-hydrogen) atoms. The molecular formula is C75H87N23OS2. The first-order valence-electron chi connectivity index (χ1n) is 34.4. The Bertz CT molecular complexity index is 4640. The van der Waals surface area contributed by atoms with E-state index >= 15 is 0 Å². The molecule has 0 saturated carbocycles. The monoisotopic (exact) mass is 1390 g/mol. The van der Waals surface area contributed by atoms with E-state index in [1.54, 1.807) is 29.8 Å². The Labute approximate surface area is 597 Å². The molecule has 3 N–H and O–H groups in total. The van der Waals surface area contributed by atoms with Crippen molar-refractivity contribution in [3.8, 4) is 39.2 Å². The second-order valence-electron chi connectivity index (χ2n) is 26.2. The van der Waals surface area contributed by atoms with E-state index in [9.17, 15) is 0 Å². The average Bonchev–Trinajstić information content (AvgIpc) is 1.81. The van der Waals surface area contributed by atoms with Gasteiger partial charge in [-0.25, -0.2) is 49.8 Å². The molecule has 0 atom stereocenters. The van der Waals surface area contributed by atoms with Gasteiger partial charge in [0.2, 0.25) is 0 Å². The molecule has 0 bridgehead atoms. The largest absolute Gasteiger partial charge is 0.497 e. The summed E-state index contributed by atoms with van der Waals surface area (Å²) in [4.78, 5) is 68.1. The first kappa shape index (κ1) is 69.4. The van der Waals surface area contributed by atoms with Gasteiger partial charge in [0.1, 0.15) is 17.4 Å². The molecule has 0 aliphatic carbocycles. The molecule has 3 fully saturated rings. The summed E-state index contributed by atoms with van der Waals surface area (Å²) < 4.78 is 5.26. The fourth-order valence-corrected chi connectivity index (χ4v) is 14.4. The Morgan fingerprint density at radius 3 is 1.26 bits per heavy atom. The number of aromatic nitrogens is 17. The summed E-state index contributed by atoms with van der Waals surface area (Å²) >= 11 is 3.45. The van der Waals surface area contributed by atoms with E-state index in [4.69, 9.17) is 34.6 Å². The zero-order valence-electron chi connectivity index (χ0n) is 59.0. The van der Waals surface area contributed by atoms with Gasteiger partial charge in [0, 0.05) is 198 Å². The summed E-state index contributed by atoms with van der Waals surface area (Å²) in [5.41, 5.74) is 17.3. The Morgan fingerprint density at radius 2 is 0.832 bits per heavy atom. The quantitative estimate of drug-likeness (QED) is 0.0680. The van der Waals surface area contributed by atoms with Crippen molar-refractivity contribution in [1.82, 2.24) is 100 Å². The molecule has 0 amide bonds. The number of H-pyrrole nitrogens is 3. The topological polar surface area (TPSA) is 256 Å². The molecule has 1 aromatic carbocycles. The maximum Gasteiger partial charge on any atom is 0.186 e. The summed E-state index contributed by atoms with van der Waals surface area (Å²) in [6.45, 7) is 30.8. The number of benzene rings is 1. The summed E-state index contributed by atoms with van der Waals surface area (Å²) in [7, 11) is 1.70. The number of rotatable bonds is 19. The predicted octanol–water partition coefficient (Wildman–Crippen LogP) is 10.9. The van der Waals surface area contributed by atoms with Crippen molar-refractivity contribution in [3.63, 3.8) is 0 Å². The van der Waals surface area contributed by atoms with Crippen molar-refractivity contribution in [2.45, 2.75) is 94.3 Å². The highest BCUT2D eigenvalue weighted by atomic mass is 32.1. The van der Waals surface area contributed by atoms with Gasteiger partial charge in [0.05, 0.1) is 57.4 Å². The lowest BCUT2D eigenvalue weighted by Gasteiger charge is -2.35. The van der Waals surface area contributed by atoms with E-state index in [1.165, 1.54) is 16.0 Å². The van der Waals surface area contributed by atoms with Crippen LogP contribution in [-0.4, -0.2) is 186 Å². The van der Waals surface area contributed by atoms with Gasteiger partial charge in [-0.15, -0.1) is 11.3 Å². The molecule has 15 rings (SSSR count). The van der Waals surface area contributed by atoms with E-state index < -0.39 is 0 Å². The molecule has 12 aromatic rings. The Kier molecular flexibility index (Phi) is 22.3. The van der Waals surface area contributed by atoms with Crippen LogP contribution in [0.25, 0.3) is 33.5 Å². The molecule has 0 unspecified atom stereocenters. The fraction of sp³-hybridized carbons (Fsp3) is 0.360. The lowest BCUT2D eigenvalue weighted by Crippen LogP contribution is -2.46. The molecule has 3 aliphatic heterocycles. The molecular weight excluding hydrogens is 1300 g/mol. The number of ether oxygens (including phenoxy) is 1. The van der Waals surface area contributed by atoms with E-state index in [-0.39, 0.29) is 0 Å². The highest BCUT2D eigenvalue weighted by molar-refractivity contribution is 7.18. The van der Waals surface area contributed by atoms with Gasteiger partial charge in [-0.2, -0.15) is 15.3 Å². The van der Waals surface area contributed by atoms with Gasteiger partial charge in [-0.3, -0.25) is 35.0 Å². The normalized spacial score (nSPS) is 14.6. The van der Waals surface area contributed by atoms with E-state index in [2.05, 4.69) is 146 Å². The molecule has 3 aliphatic rings. The molecule has 24 nitrogen and oxygen atoms in total. The van der Waals surface area contributed by atoms with E-state index in [0.29, 0.717) is 30.9 Å². The lowest BCUT2D eigenvalue weighted by atomic mass is 10.2. The van der Waals surface area contributed by atoms with Crippen molar-refractivity contribution >= 4 is 39.4 Å². The number of anilines is 3. The number of nitrogens with one attached hydrogen (secondary N) is 3. The minimum absolute atomic E-state index is 0.676. The minimum Gasteiger partial charge on any atom is -0.497 e. The zero-order valence-corrected chi connectivity index (χ0v) is 60.7. The number of piperazine rings is 3. The molecule has 3 saturated heterocycles. The fourth-order valence-electron chi connectivity index (χ4n) is 12.6. The Morgan fingerprint density at radius 1 is 0.376 bits per heavy atom. The SMILES string of the molecule is COc1ccc(CN2CCN(c3ncc(-c4nc(C)cc(Cc5cc(C)[nH]n5)n4)s3)CC2)cc1.Cc1cc(Cc2cc(C)[nH]n2)nc(-c2ccc(N3CCN(Cc4cnc(C)s4)CC3)nc2)n1.Cc1ccc(CN2CCN(c3ccc(-c4nc(C)cc(Cc5cc(C)[nH]n5)n4)cn3)CC2)cn1. The van der Waals surface area contributed by atoms with Crippen molar-refractivity contribution in [3.05, 3.63) is 223 Å². The van der Waals surface area contributed by atoms with Crippen LogP contribution >= 0.6 is 22.7 Å². The van der Waals surface area contributed by atoms with E-state index in [0.717, 1.165) is 222 Å². The van der Waals surface area contributed by atoms with Gasteiger partial charge in [-0.05, 0) is 145 Å². The van der Waals surface area contributed by atoms with E-state index in [1.807, 2.05) is 122 Å². The van der Waals surface area contributed by atoms with Crippen LogP contribution in [0.2, 0.25) is 0 Å². The Balaban J connectivity index is 0.000000135. The zero-order chi connectivity index (χ0) is 69.8. The van der Waals surface area contributed by atoms with Gasteiger partial charge in [0.15, 0.2) is 22.6 Å². The van der Waals surface area contributed by atoms with Crippen LogP contribution in [0.3, 0.4) is 0 Å². The van der Waals surface area contributed by atoms with Crippen LogP contribution in [0.1, 0.15) is 95.0 Å². The number of aryl methyl sites for hydroxylation is 8. The maximum absolute atomic E-state index is 5.26. The third-order valence-electron chi connectivity index (χ3n) is 17.8. The van der Waals surface area contributed by atoms with Crippen molar-refractivity contribution in [1.29, 1.82) is 0 Å². The number of methoxy groups -OCH3 is 1. The minimum atomic E-state index is 0.676. The van der Waals surface area contributed by atoms with Crippen LogP contribution in [-0.2, 0) is 38.9 Å². The second-order valence-corrected chi connectivity index (χ2v) is 28.6. The van der Waals surface area contributed by atoms with Gasteiger partial charge < -0.3 is 19.4 Å². The first-order valence-corrected chi connectivity index (χ1v) is 36.1. The summed E-state index contributed by atoms with van der Waals surface area (Å²) in [6, 6.07) is 33.1. The van der Waals surface area contributed by atoms with Crippen molar-refractivity contribution < 1.29 is 4.74 Å². The molecule has 26 heteroatoms. The molecule has 520 valence electrons. The summed E-state index contributed by atoms with van der Waals surface area (Å²) in [6.07, 6.45) is 11.7. The van der Waals surface area contributed by atoms with Crippen LogP contribution in [0.15, 0.2) is 128 Å². The highest BCUT2D eigenvalue weighted by Gasteiger charge is 2.24. The van der Waals surface area contributed by atoms with Crippen LogP contribution in [0, 0.1) is 55.4 Å². The molecule has 14 heterocycles. The van der Waals surface area contributed by atoms with Crippen LogP contribution in [0.5, 0.6) is 5.75 Å². The number of pyridine rings is 3. The number of hydrogen-bond acceptors (Lipinski definition) is 23. The smallest absolute Gasteiger partial charge is 0.186 e. The average molecular weight is 1390 g/mol. The summed E-state index contributed by atoms with van der Waals surface area (Å²) in [5.74, 6) is 5.06. The first-order chi connectivity index (χ1) is 49.1. The van der Waals surface area contributed by atoms with Gasteiger partial charge in [0.25, 0.3) is 0 Å². The third kappa shape index (κ3) is 19.1. The Hall–Kier alpha value is -10.1. The van der Waals surface area contributed by atoms with Crippen molar-refractivity contribution in [2.24, 2.45) is 0 Å². The number of nitrogens with zero attached hydrogens (tertiary/aromatic N) is 20. The predicted molar refractivity (Wildman–Crippen MR) is 398 cm³/mol. The van der Waals surface area contributed by atoms with Gasteiger partial charge >= 0.3 is 0 Å². The number of thiazole rings is 2. The third-order valence-corrected chi connectivity index (χ3v) is 19.8. The summed E-state index contributed by atoms with van der Waals surface area (Å²) in [5, 5.41) is 24.1.